The highest BCUT2D eigenvalue weighted by Gasteiger charge is 2.20. The molecule has 5 nitrogen and oxygen atoms in total. The van der Waals surface area contributed by atoms with Crippen LogP contribution in [0.5, 0.6) is 0 Å². The summed E-state index contributed by atoms with van der Waals surface area (Å²) in [7, 11) is 0. The van der Waals surface area contributed by atoms with Crippen molar-refractivity contribution in [3.05, 3.63) is 47.3 Å². The molecule has 3 heterocycles. The lowest BCUT2D eigenvalue weighted by Crippen LogP contribution is -2.46. The summed E-state index contributed by atoms with van der Waals surface area (Å²) < 4.78 is 13.7. The zero-order valence-corrected chi connectivity index (χ0v) is 13.0. The first-order valence-electron chi connectivity index (χ1n) is 7.50. The minimum Gasteiger partial charge on any atom is -0.338 e. The van der Waals surface area contributed by atoms with Crippen LogP contribution in [0.15, 0.2) is 24.5 Å². The van der Waals surface area contributed by atoms with E-state index in [1.807, 2.05) is 19.9 Å². The summed E-state index contributed by atoms with van der Waals surface area (Å²) in [5.41, 5.74) is 2.68. The molecule has 0 spiro atoms. The van der Waals surface area contributed by atoms with E-state index >= 15 is 0 Å². The van der Waals surface area contributed by atoms with Gasteiger partial charge in [-0.15, -0.1) is 0 Å². The van der Waals surface area contributed by atoms with Gasteiger partial charge >= 0.3 is 0 Å². The number of halogens is 1. The molecule has 116 valence electrons. The first kappa shape index (κ1) is 14.8. The number of aryl methyl sites for hydroxylation is 2. The smallest absolute Gasteiger partial charge is 0.225 e. The third kappa shape index (κ3) is 3.39. The molecule has 0 aliphatic carbocycles. The van der Waals surface area contributed by atoms with Crippen LogP contribution < -0.4 is 4.90 Å². The maximum atomic E-state index is 13.7. The first-order chi connectivity index (χ1) is 10.6. The van der Waals surface area contributed by atoms with Gasteiger partial charge in [0.2, 0.25) is 5.95 Å². The summed E-state index contributed by atoms with van der Waals surface area (Å²) in [5.74, 6) is 0.565. The lowest BCUT2D eigenvalue weighted by Gasteiger charge is -2.34. The number of pyridine rings is 1. The van der Waals surface area contributed by atoms with E-state index in [1.54, 1.807) is 12.3 Å². The molecular weight excluding hydrogens is 281 g/mol. The van der Waals surface area contributed by atoms with Crippen LogP contribution in [0.25, 0.3) is 0 Å². The molecule has 2 aromatic rings. The van der Waals surface area contributed by atoms with Gasteiger partial charge in [-0.1, -0.05) is 0 Å². The highest BCUT2D eigenvalue weighted by Crippen LogP contribution is 2.15. The fourth-order valence-electron chi connectivity index (χ4n) is 2.73. The van der Waals surface area contributed by atoms with Crippen LogP contribution >= 0.6 is 0 Å². The Morgan fingerprint density at radius 3 is 2.41 bits per heavy atom. The summed E-state index contributed by atoms with van der Waals surface area (Å²) in [6, 6.07) is 3.72. The van der Waals surface area contributed by atoms with Gasteiger partial charge in [0.25, 0.3) is 0 Å². The second-order valence-corrected chi connectivity index (χ2v) is 5.68. The minimum atomic E-state index is -0.234. The normalized spacial score (nSPS) is 16.0. The molecule has 1 aliphatic heterocycles. The molecule has 0 bridgehead atoms. The molecule has 0 atom stereocenters. The lowest BCUT2D eigenvalue weighted by molar-refractivity contribution is 0.245. The van der Waals surface area contributed by atoms with Crippen LogP contribution in [0.1, 0.15) is 17.0 Å². The van der Waals surface area contributed by atoms with Gasteiger partial charge in [-0.25, -0.2) is 14.4 Å². The van der Waals surface area contributed by atoms with Gasteiger partial charge in [0.05, 0.1) is 6.20 Å². The minimum absolute atomic E-state index is 0.234. The summed E-state index contributed by atoms with van der Waals surface area (Å²) in [6.45, 7) is 8.05. The van der Waals surface area contributed by atoms with E-state index in [0.717, 1.165) is 43.5 Å². The summed E-state index contributed by atoms with van der Waals surface area (Å²) in [6.07, 6.45) is 2.91. The van der Waals surface area contributed by atoms with Crippen molar-refractivity contribution in [3.8, 4) is 0 Å². The summed E-state index contributed by atoms with van der Waals surface area (Å²) in [4.78, 5) is 17.2. The standard InChI is InChI=1S/C16H20FN5/c1-12-9-13(2)20-16(19-12)22-7-5-21(6-8-22)11-14-3-4-18-10-15(14)17/h3-4,9-10H,5-8,11H2,1-2H3. The van der Waals surface area contributed by atoms with Crippen molar-refractivity contribution in [1.82, 2.24) is 19.9 Å². The molecule has 0 unspecified atom stereocenters. The van der Waals surface area contributed by atoms with E-state index in [-0.39, 0.29) is 5.82 Å². The largest absolute Gasteiger partial charge is 0.338 e. The SMILES string of the molecule is Cc1cc(C)nc(N2CCN(Cc3ccncc3F)CC2)n1. The number of rotatable bonds is 3. The van der Waals surface area contributed by atoms with E-state index in [2.05, 4.69) is 24.8 Å². The van der Waals surface area contributed by atoms with E-state index in [0.29, 0.717) is 12.1 Å². The van der Waals surface area contributed by atoms with E-state index in [9.17, 15) is 4.39 Å². The van der Waals surface area contributed by atoms with Gasteiger partial charge in [0.1, 0.15) is 5.82 Å². The van der Waals surface area contributed by atoms with Crippen LogP contribution in [-0.2, 0) is 6.54 Å². The van der Waals surface area contributed by atoms with Crippen molar-refractivity contribution in [2.75, 3.05) is 31.1 Å². The molecule has 3 rings (SSSR count). The number of hydrogen-bond acceptors (Lipinski definition) is 5. The molecule has 22 heavy (non-hydrogen) atoms. The quantitative estimate of drug-likeness (QED) is 0.867. The van der Waals surface area contributed by atoms with Crippen LogP contribution in [0.2, 0.25) is 0 Å². The number of anilines is 1. The number of hydrogen-bond donors (Lipinski definition) is 0. The Labute approximate surface area is 129 Å². The van der Waals surface area contributed by atoms with Gasteiger partial charge < -0.3 is 4.90 Å². The molecule has 1 saturated heterocycles. The zero-order chi connectivity index (χ0) is 15.5. The van der Waals surface area contributed by atoms with E-state index in [4.69, 9.17) is 0 Å². The third-order valence-electron chi connectivity index (χ3n) is 3.88. The molecule has 0 radical (unpaired) electrons. The Hall–Kier alpha value is -2.08. The van der Waals surface area contributed by atoms with Crippen LogP contribution in [0.4, 0.5) is 10.3 Å². The van der Waals surface area contributed by atoms with Crippen molar-refractivity contribution in [3.63, 3.8) is 0 Å². The molecular formula is C16H20FN5. The van der Waals surface area contributed by atoms with Gasteiger partial charge in [0.15, 0.2) is 0 Å². The van der Waals surface area contributed by atoms with Crippen molar-refractivity contribution in [2.24, 2.45) is 0 Å². The van der Waals surface area contributed by atoms with E-state index < -0.39 is 0 Å². The fourth-order valence-corrected chi connectivity index (χ4v) is 2.73. The summed E-state index contributed by atoms with van der Waals surface area (Å²) >= 11 is 0. The first-order valence-corrected chi connectivity index (χ1v) is 7.50. The molecule has 0 N–H and O–H groups in total. The number of aromatic nitrogens is 3. The molecule has 2 aromatic heterocycles. The predicted octanol–water partition coefficient (Wildman–Crippen LogP) is 1.95. The Bertz CT molecular complexity index is 632. The Balaban J connectivity index is 1.62. The molecule has 0 aromatic carbocycles. The topological polar surface area (TPSA) is 45.2 Å². The molecule has 1 fully saturated rings. The Morgan fingerprint density at radius 2 is 1.77 bits per heavy atom. The third-order valence-corrected chi connectivity index (χ3v) is 3.88. The maximum Gasteiger partial charge on any atom is 0.225 e. The highest BCUT2D eigenvalue weighted by atomic mass is 19.1. The van der Waals surface area contributed by atoms with Gasteiger partial charge in [0, 0.05) is 55.9 Å². The van der Waals surface area contributed by atoms with Crippen molar-refractivity contribution in [1.29, 1.82) is 0 Å². The second-order valence-electron chi connectivity index (χ2n) is 5.68. The average Bonchev–Trinajstić information content (AvgIpc) is 2.49. The number of piperazine rings is 1. The molecule has 1 aliphatic rings. The Kier molecular flexibility index (Phi) is 4.29. The fraction of sp³-hybridized carbons (Fsp3) is 0.438. The van der Waals surface area contributed by atoms with Gasteiger partial charge in [-0.05, 0) is 26.0 Å². The summed E-state index contributed by atoms with van der Waals surface area (Å²) in [5, 5.41) is 0. The molecule has 0 saturated carbocycles. The van der Waals surface area contributed by atoms with Gasteiger partial charge in [-0.2, -0.15) is 0 Å². The van der Waals surface area contributed by atoms with Crippen LogP contribution in [0, 0.1) is 19.7 Å². The number of nitrogens with zero attached hydrogens (tertiary/aromatic N) is 5. The monoisotopic (exact) mass is 301 g/mol. The van der Waals surface area contributed by atoms with Crippen molar-refractivity contribution in [2.45, 2.75) is 20.4 Å². The van der Waals surface area contributed by atoms with E-state index in [1.165, 1.54) is 6.20 Å². The highest BCUT2D eigenvalue weighted by molar-refractivity contribution is 5.33. The zero-order valence-electron chi connectivity index (χ0n) is 13.0. The lowest BCUT2D eigenvalue weighted by atomic mass is 10.2. The maximum absolute atomic E-state index is 13.7. The second kappa shape index (κ2) is 6.36. The van der Waals surface area contributed by atoms with Crippen molar-refractivity contribution < 1.29 is 4.39 Å². The van der Waals surface area contributed by atoms with Gasteiger partial charge in [-0.3, -0.25) is 9.88 Å². The average molecular weight is 301 g/mol. The molecule has 0 amide bonds. The predicted molar refractivity (Wildman–Crippen MR) is 83.2 cm³/mol. The van der Waals surface area contributed by atoms with Crippen LogP contribution in [-0.4, -0.2) is 46.0 Å². The Morgan fingerprint density at radius 1 is 1.09 bits per heavy atom. The van der Waals surface area contributed by atoms with Crippen LogP contribution in [0.3, 0.4) is 0 Å². The molecule has 6 heteroatoms. The van der Waals surface area contributed by atoms with Crippen molar-refractivity contribution >= 4 is 5.95 Å².